The molecular weight excluding hydrogens is 423 g/mol. The van der Waals surface area contributed by atoms with E-state index in [1.54, 1.807) is 13.8 Å². The van der Waals surface area contributed by atoms with Crippen molar-refractivity contribution in [1.29, 1.82) is 0 Å². The summed E-state index contributed by atoms with van der Waals surface area (Å²) in [5, 5.41) is 0. The summed E-state index contributed by atoms with van der Waals surface area (Å²) in [5.41, 5.74) is 0.685. The lowest BCUT2D eigenvalue weighted by molar-refractivity contribution is -0.148. The van der Waals surface area contributed by atoms with E-state index >= 15 is 0 Å². The number of benzene rings is 2. The van der Waals surface area contributed by atoms with Crippen LogP contribution in [0.15, 0.2) is 36.4 Å². The molecule has 2 aromatic carbocycles. The summed E-state index contributed by atoms with van der Waals surface area (Å²) in [4.78, 5) is 38.8. The van der Waals surface area contributed by atoms with Crippen LogP contribution in [0, 0.1) is 30.3 Å². The van der Waals surface area contributed by atoms with Crippen molar-refractivity contribution in [3.63, 3.8) is 0 Å². The molecule has 0 unspecified atom stereocenters. The lowest BCUT2D eigenvalue weighted by Crippen LogP contribution is -2.34. The third-order valence-electron chi connectivity index (χ3n) is 5.51. The summed E-state index contributed by atoms with van der Waals surface area (Å²) >= 11 is 0. The zero-order valence-electron chi connectivity index (χ0n) is 17.9. The third kappa shape index (κ3) is 5.36. The van der Waals surface area contributed by atoms with Gasteiger partial charge in [-0.1, -0.05) is 12.1 Å². The molecule has 1 fully saturated rings. The lowest BCUT2D eigenvalue weighted by atomic mass is 9.83. The fraction of sp³-hybridized carbons (Fsp3) is 0.375. The molecule has 170 valence electrons. The number of carbonyl (C=O) groups is 3. The molecule has 1 saturated heterocycles. The summed E-state index contributed by atoms with van der Waals surface area (Å²) in [6.45, 7) is 2.84. The molecule has 0 aromatic heterocycles. The zero-order valence-corrected chi connectivity index (χ0v) is 17.9. The smallest absolute Gasteiger partial charge is 0.325 e. The van der Waals surface area contributed by atoms with Gasteiger partial charge in [-0.25, -0.2) is 13.2 Å². The largest absolute Gasteiger partial charge is 0.465 e. The highest BCUT2D eigenvalue weighted by atomic mass is 19.1. The summed E-state index contributed by atoms with van der Waals surface area (Å²) in [7, 11) is 0. The first-order chi connectivity index (χ1) is 15.2. The van der Waals surface area contributed by atoms with Gasteiger partial charge in [0, 0.05) is 30.9 Å². The normalized spacial score (nSPS) is 18.2. The quantitative estimate of drug-likeness (QED) is 0.579. The molecule has 0 N–H and O–H groups in total. The van der Waals surface area contributed by atoms with Crippen molar-refractivity contribution in [3.05, 3.63) is 70.5 Å². The number of esters is 1. The van der Waals surface area contributed by atoms with Gasteiger partial charge in [0.2, 0.25) is 5.91 Å². The van der Waals surface area contributed by atoms with E-state index in [-0.39, 0.29) is 43.9 Å². The molecule has 5 nitrogen and oxygen atoms in total. The van der Waals surface area contributed by atoms with E-state index in [1.807, 2.05) is 0 Å². The van der Waals surface area contributed by atoms with Crippen LogP contribution in [-0.4, -0.2) is 42.3 Å². The number of ether oxygens (including phenoxy) is 1. The van der Waals surface area contributed by atoms with Gasteiger partial charge >= 0.3 is 5.97 Å². The van der Waals surface area contributed by atoms with Gasteiger partial charge in [-0.15, -0.1) is 0 Å². The van der Waals surface area contributed by atoms with Crippen molar-refractivity contribution in [2.24, 2.45) is 5.92 Å². The standard InChI is InChI=1S/C24H24F3NO4/c1-3-32-22(30)13-28-12-19(23-20(26)8-14(2)9-21(23)27)18(24(28)31)11-17(29)10-15-4-6-16(25)7-5-15/h4-9,18-19H,3,10-13H2,1-2H3/t18-,19+/m0/s1. The van der Waals surface area contributed by atoms with Crippen LogP contribution < -0.4 is 0 Å². The predicted molar refractivity (Wildman–Crippen MR) is 110 cm³/mol. The lowest BCUT2D eigenvalue weighted by Gasteiger charge is -2.18. The molecular formula is C24H24F3NO4. The molecule has 1 amide bonds. The van der Waals surface area contributed by atoms with E-state index in [0.29, 0.717) is 11.1 Å². The fourth-order valence-corrected chi connectivity index (χ4v) is 4.10. The van der Waals surface area contributed by atoms with E-state index in [1.165, 1.54) is 41.3 Å². The van der Waals surface area contributed by atoms with Gasteiger partial charge in [-0.05, 0) is 49.2 Å². The highest BCUT2D eigenvalue weighted by molar-refractivity contribution is 5.91. The molecule has 1 aliphatic rings. The van der Waals surface area contributed by atoms with E-state index in [0.717, 1.165) is 0 Å². The van der Waals surface area contributed by atoms with Gasteiger partial charge in [0.05, 0.1) is 12.5 Å². The maximum atomic E-state index is 14.7. The Hall–Kier alpha value is -3.16. The van der Waals surface area contributed by atoms with Gasteiger partial charge in [-0.3, -0.25) is 14.4 Å². The number of rotatable bonds is 8. The second-order valence-corrected chi connectivity index (χ2v) is 7.93. The minimum atomic E-state index is -1.02. The van der Waals surface area contributed by atoms with Crippen LogP contribution in [0.1, 0.15) is 36.0 Å². The Morgan fingerprint density at radius 2 is 1.72 bits per heavy atom. The number of aryl methyl sites for hydroxylation is 1. The number of carbonyl (C=O) groups excluding carboxylic acids is 3. The zero-order chi connectivity index (χ0) is 23.4. The Bertz CT molecular complexity index is 999. The number of halogens is 3. The van der Waals surface area contributed by atoms with Gasteiger partial charge in [-0.2, -0.15) is 0 Å². The van der Waals surface area contributed by atoms with E-state index in [9.17, 15) is 27.6 Å². The van der Waals surface area contributed by atoms with Crippen molar-refractivity contribution in [1.82, 2.24) is 4.90 Å². The van der Waals surface area contributed by atoms with Crippen LogP contribution >= 0.6 is 0 Å². The van der Waals surface area contributed by atoms with Gasteiger partial charge < -0.3 is 9.64 Å². The van der Waals surface area contributed by atoms with Crippen molar-refractivity contribution in [2.45, 2.75) is 32.6 Å². The highest BCUT2D eigenvalue weighted by Gasteiger charge is 2.44. The Kier molecular flexibility index (Phi) is 7.33. The monoisotopic (exact) mass is 447 g/mol. The minimum absolute atomic E-state index is 0.0481. The highest BCUT2D eigenvalue weighted by Crippen LogP contribution is 2.39. The number of nitrogens with zero attached hydrogens (tertiary/aromatic N) is 1. The number of hydrogen-bond donors (Lipinski definition) is 0. The maximum absolute atomic E-state index is 14.7. The van der Waals surface area contributed by atoms with E-state index in [2.05, 4.69) is 0 Å². The Balaban J connectivity index is 1.86. The molecule has 0 saturated carbocycles. The van der Waals surface area contributed by atoms with Crippen molar-refractivity contribution >= 4 is 17.7 Å². The molecule has 32 heavy (non-hydrogen) atoms. The average Bonchev–Trinajstić information content (AvgIpc) is 2.98. The van der Waals surface area contributed by atoms with Crippen LogP contribution in [0.4, 0.5) is 13.2 Å². The number of likely N-dealkylation sites (tertiary alicyclic amines) is 1. The fourth-order valence-electron chi connectivity index (χ4n) is 4.10. The molecule has 3 rings (SSSR count). The molecule has 1 heterocycles. The molecule has 0 spiro atoms. The van der Waals surface area contributed by atoms with Gasteiger partial charge in [0.25, 0.3) is 0 Å². The summed E-state index contributed by atoms with van der Waals surface area (Å²) in [6, 6.07) is 7.73. The van der Waals surface area contributed by atoms with Crippen molar-refractivity contribution in [2.75, 3.05) is 19.7 Å². The molecule has 2 atom stereocenters. The number of Topliss-reactive ketones (excluding diaryl/α,β-unsaturated/α-hetero) is 1. The summed E-state index contributed by atoms with van der Waals surface area (Å²) < 4.78 is 47.4. The molecule has 0 bridgehead atoms. The number of ketones is 1. The van der Waals surface area contributed by atoms with Gasteiger partial charge in [0.15, 0.2) is 0 Å². The van der Waals surface area contributed by atoms with Crippen LogP contribution in [0.5, 0.6) is 0 Å². The molecule has 0 radical (unpaired) electrons. The molecule has 0 aliphatic carbocycles. The topological polar surface area (TPSA) is 63.7 Å². The van der Waals surface area contributed by atoms with Gasteiger partial charge in [0.1, 0.15) is 29.8 Å². The average molecular weight is 447 g/mol. The SMILES string of the molecule is CCOC(=O)CN1C[C@@H](c2c(F)cc(C)cc2F)[C@H](CC(=O)Cc2ccc(F)cc2)C1=O. The minimum Gasteiger partial charge on any atom is -0.465 e. The van der Waals surface area contributed by atoms with Crippen LogP contribution in [0.2, 0.25) is 0 Å². The summed E-state index contributed by atoms with van der Waals surface area (Å²) in [6.07, 6.45) is -0.305. The summed E-state index contributed by atoms with van der Waals surface area (Å²) in [5.74, 6) is -5.49. The van der Waals surface area contributed by atoms with E-state index in [4.69, 9.17) is 4.74 Å². The third-order valence-corrected chi connectivity index (χ3v) is 5.51. The molecule has 1 aliphatic heterocycles. The Labute approximate surface area is 184 Å². The van der Waals surface area contributed by atoms with Crippen LogP contribution in [0.3, 0.4) is 0 Å². The first kappa shape index (κ1) is 23.5. The van der Waals surface area contributed by atoms with Crippen LogP contribution in [0.25, 0.3) is 0 Å². The predicted octanol–water partition coefficient (Wildman–Crippen LogP) is 3.72. The Morgan fingerprint density at radius 1 is 1.09 bits per heavy atom. The number of hydrogen-bond acceptors (Lipinski definition) is 4. The number of amides is 1. The second-order valence-electron chi connectivity index (χ2n) is 7.93. The second kappa shape index (κ2) is 9.97. The van der Waals surface area contributed by atoms with E-state index < -0.39 is 41.2 Å². The first-order valence-corrected chi connectivity index (χ1v) is 10.4. The maximum Gasteiger partial charge on any atom is 0.325 e. The first-order valence-electron chi connectivity index (χ1n) is 10.4. The molecule has 2 aromatic rings. The Morgan fingerprint density at radius 3 is 2.31 bits per heavy atom. The molecule has 8 heteroatoms. The van der Waals surface area contributed by atoms with Crippen molar-refractivity contribution < 1.29 is 32.3 Å². The van der Waals surface area contributed by atoms with Crippen molar-refractivity contribution in [3.8, 4) is 0 Å². The van der Waals surface area contributed by atoms with Crippen LogP contribution in [-0.2, 0) is 25.5 Å².